The Morgan fingerprint density at radius 1 is 0.783 bits per heavy atom. The molecule has 4 aromatic carbocycles. The van der Waals surface area contributed by atoms with Gasteiger partial charge >= 0.3 is 0 Å². The second-order valence-corrected chi connectivity index (χ2v) is 11.7. The highest BCUT2D eigenvalue weighted by Gasteiger charge is 2.19. The fourth-order valence-corrected chi connectivity index (χ4v) is 5.19. The van der Waals surface area contributed by atoms with Gasteiger partial charge in [-0.3, -0.25) is 9.59 Å². The third kappa shape index (κ3) is 9.98. The van der Waals surface area contributed by atoms with Gasteiger partial charge in [0.1, 0.15) is 5.75 Å². The van der Waals surface area contributed by atoms with Crippen molar-refractivity contribution in [1.29, 1.82) is 0 Å². The van der Waals surface area contributed by atoms with Crippen LogP contribution in [0.5, 0.6) is 5.75 Å². The van der Waals surface area contributed by atoms with Crippen molar-refractivity contribution < 1.29 is 30.0 Å². The van der Waals surface area contributed by atoms with E-state index in [1.807, 2.05) is 61.5 Å². The molecule has 0 bridgehead atoms. The van der Waals surface area contributed by atoms with Crippen LogP contribution in [0.2, 0.25) is 0 Å². The Morgan fingerprint density at radius 2 is 1.50 bits per heavy atom. The zero-order chi connectivity index (χ0) is 33.1. The summed E-state index contributed by atoms with van der Waals surface area (Å²) in [7, 11) is 0. The average molecular weight is 626 g/mol. The van der Waals surface area contributed by atoms with Crippen molar-refractivity contribution in [1.82, 2.24) is 16.0 Å². The lowest BCUT2D eigenvalue weighted by Gasteiger charge is -2.20. The molecule has 0 fully saturated rings. The van der Waals surface area contributed by atoms with Crippen molar-refractivity contribution in [3.8, 4) is 5.75 Å². The van der Waals surface area contributed by atoms with Crippen molar-refractivity contribution in [3.05, 3.63) is 136 Å². The maximum Gasteiger partial charge on any atom is 0.251 e. The van der Waals surface area contributed by atoms with E-state index < -0.39 is 18.2 Å². The largest absolute Gasteiger partial charge is 0.508 e. The highest BCUT2D eigenvalue weighted by Crippen LogP contribution is 2.22. The number of phenols is 1. The third-order valence-corrected chi connectivity index (χ3v) is 7.90. The molecule has 0 saturated carbocycles. The van der Waals surface area contributed by atoms with E-state index in [0.29, 0.717) is 36.2 Å². The predicted octanol–water partition coefficient (Wildman–Crippen LogP) is 3.85. The maximum absolute atomic E-state index is 12.7. The number of hydrogen-bond acceptors (Lipinski definition) is 7. The quantitative estimate of drug-likeness (QED) is 0.106. The van der Waals surface area contributed by atoms with Crippen molar-refractivity contribution in [2.45, 2.75) is 64.1 Å². The number of aromatic hydroxyl groups is 1. The van der Waals surface area contributed by atoms with Crippen molar-refractivity contribution >= 4 is 11.8 Å². The molecule has 0 radical (unpaired) electrons. The first-order chi connectivity index (χ1) is 22.1. The molecular weight excluding hydrogens is 582 g/mol. The van der Waals surface area contributed by atoms with E-state index in [-0.39, 0.29) is 36.6 Å². The van der Waals surface area contributed by atoms with Crippen LogP contribution >= 0.6 is 0 Å². The molecule has 0 unspecified atom stereocenters. The molecule has 0 spiro atoms. The van der Waals surface area contributed by atoms with Crippen LogP contribution in [-0.4, -0.2) is 50.9 Å². The Kier molecular flexibility index (Phi) is 12.4. The fourth-order valence-electron chi connectivity index (χ4n) is 5.19. The Morgan fingerprint density at radius 3 is 2.22 bits per heavy atom. The molecule has 4 aromatic rings. The molecule has 4 atom stereocenters. The van der Waals surface area contributed by atoms with E-state index in [0.717, 1.165) is 22.3 Å². The molecule has 9 nitrogen and oxygen atoms in total. The van der Waals surface area contributed by atoms with Gasteiger partial charge in [0.05, 0.1) is 31.3 Å². The van der Waals surface area contributed by atoms with Crippen LogP contribution in [0.25, 0.3) is 0 Å². The molecule has 9 heteroatoms. The number of carbonyl (C=O) groups excluding carboxylic acids is 2. The summed E-state index contributed by atoms with van der Waals surface area (Å²) < 4.78 is 0. The minimum atomic E-state index is -0.820. The van der Waals surface area contributed by atoms with Gasteiger partial charge in [-0.15, -0.1) is 0 Å². The van der Waals surface area contributed by atoms with Crippen LogP contribution < -0.4 is 16.0 Å². The normalized spacial score (nSPS) is 13.8. The summed E-state index contributed by atoms with van der Waals surface area (Å²) in [5.74, 6) is -0.406. The minimum Gasteiger partial charge on any atom is -0.508 e. The molecule has 242 valence electrons. The molecule has 0 aromatic heterocycles. The molecule has 4 rings (SSSR count). The van der Waals surface area contributed by atoms with Gasteiger partial charge in [-0.05, 0) is 72.4 Å². The number of carbonyl (C=O) groups is 2. The number of hydrogen-bond donors (Lipinski definition) is 7. The maximum atomic E-state index is 12.7. The van der Waals surface area contributed by atoms with Crippen molar-refractivity contribution in [2.75, 3.05) is 6.54 Å². The second-order valence-electron chi connectivity index (χ2n) is 11.7. The van der Waals surface area contributed by atoms with Crippen LogP contribution in [0.1, 0.15) is 69.8 Å². The second kappa shape index (κ2) is 16.7. The van der Waals surface area contributed by atoms with Gasteiger partial charge in [-0.1, -0.05) is 72.8 Å². The van der Waals surface area contributed by atoms with Crippen LogP contribution in [0.15, 0.2) is 97.1 Å². The number of aliphatic hydroxyl groups is 3. The van der Waals surface area contributed by atoms with Gasteiger partial charge in [0, 0.05) is 30.3 Å². The Balaban J connectivity index is 1.20. The van der Waals surface area contributed by atoms with Gasteiger partial charge in [-0.25, -0.2) is 0 Å². The Hall–Kier alpha value is -4.54. The minimum absolute atomic E-state index is 0.00349. The summed E-state index contributed by atoms with van der Waals surface area (Å²) in [6.45, 7) is 4.11. The van der Waals surface area contributed by atoms with E-state index in [1.165, 1.54) is 6.07 Å². The highest BCUT2D eigenvalue weighted by molar-refractivity contribution is 5.94. The number of benzene rings is 4. The van der Waals surface area contributed by atoms with Gasteiger partial charge in [0.2, 0.25) is 5.91 Å². The SMILES string of the molecule is C[C@H](Cc1cccc(CC(=O)NCc2ccc(C(=O)N[C@H](C)[C@H](O)c3ccccc3)cc2)c1)NC[C@@H](O)c1ccc(O)c(CO)c1. The van der Waals surface area contributed by atoms with E-state index in [9.17, 15) is 30.0 Å². The van der Waals surface area contributed by atoms with E-state index in [2.05, 4.69) is 16.0 Å². The van der Waals surface area contributed by atoms with Crippen LogP contribution in [0.4, 0.5) is 0 Å². The van der Waals surface area contributed by atoms with E-state index in [1.54, 1.807) is 43.3 Å². The summed E-state index contributed by atoms with van der Waals surface area (Å²) in [5, 5.41) is 49.3. The number of nitrogens with one attached hydrogen (secondary N) is 3. The Labute approximate surface area is 269 Å². The molecule has 46 heavy (non-hydrogen) atoms. The van der Waals surface area contributed by atoms with Crippen LogP contribution in [0.3, 0.4) is 0 Å². The topological polar surface area (TPSA) is 151 Å². The summed E-state index contributed by atoms with van der Waals surface area (Å²) in [6, 6.07) is 28.3. The molecule has 2 amide bonds. The van der Waals surface area contributed by atoms with Gasteiger partial charge in [-0.2, -0.15) is 0 Å². The third-order valence-electron chi connectivity index (χ3n) is 7.90. The average Bonchev–Trinajstić information content (AvgIpc) is 3.06. The van der Waals surface area contributed by atoms with Gasteiger partial charge < -0.3 is 36.4 Å². The zero-order valence-corrected chi connectivity index (χ0v) is 26.2. The molecule has 0 aliphatic carbocycles. The zero-order valence-electron chi connectivity index (χ0n) is 26.2. The lowest BCUT2D eigenvalue weighted by molar-refractivity contribution is -0.120. The molecule has 0 aliphatic rings. The molecule has 0 heterocycles. The van der Waals surface area contributed by atoms with Crippen LogP contribution in [0, 0.1) is 0 Å². The standard InChI is InChI=1S/C37H43N3O6/c1-24(38-22-34(43)31-15-16-33(42)32(20-31)23-41)17-27-7-6-8-28(18-27)19-35(44)39-21-26-11-13-30(14-12-26)37(46)40-25(2)36(45)29-9-4-3-5-10-29/h3-16,18,20,24-25,34,36,38,41-43,45H,17,19,21-23H2,1-2H3,(H,39,44)(H,40,46)/t24-,25-,34-,36+/m1/s1. The van der Waals surface area contributed by atoms with Crippen LogP contribution in [-0.2, 0) is 30.8 Å². The predicted molar refractivity (Wildman–Crippen MR) is 177 cm³/mol. The first kappa shape index (κ1) is 34.3. The van der Waals surface area contributed by atoms with Gasteiger partial charge in [0.15, 0.2) is 0 Å². The number of amides is 2. The summed E-state index contributed by atoms with van der Waals surface area (Å²) in [6.07, 6.45) is -0.688. The fraction of sp³-hybridized carbons (Fsp3) is 0.297. The Bertz CT molecular complexity index is 1580. The molecule has 0 saturated heterocycles. The number of aliphatic hydroxyl groups excluding tert-OH is 3. The molecular formula is C37H43N3O6. The first-order valence-electron chi connectivity index (χ1n) is 15.4. The lowest BCUT2D eigenvalue weighted by Crippen LogP contribution is -2.37. The molecule has 7 N–H and O–H groups in total. The summed E-state index contributed by atoms with van der Waals surface area (Å²) >= 11 is 0. The number of rotatable bonds is 15. The summed E-state index contributed by atoms with van der Waals surface area (Å²) in [4.78, 5) is 25.4. The molecule has 0 aliphatic heterocycles. The smallest absolute Gasteiger partial charge is 0.251 e. The lowest BCUT2D eigenvalue weighted by atomic mass is 10.0. The van der Waals surface area contributed by atoms with Crippen molar-refractivity contribution in [3.63, 3.8) is 0 Å². The first-order valence-corrected chi connectivity index (χ1v) is 15.4. The van der Waals surface area contributed by atoms with Gasteiger partial charge in [0.25, 0.3) is 5.91 Å². The van der Waals surface area contributed by atoms with Crippen molar-refractivity contribution in [2.24, 2.45) is 0 Å². The van der Waals surface area contributed by atoms with E-state index in [4.69, 9.17) is 0 Å². The monoisotopic (exact) mass is 625 g/mol. The van der Waals surface area contributed by atoms with E-state index >= 15 is 0 Å². The highest BCUT2D eigenvalue weighted by atomic mass is 16.3. The summed E-state index contributed by atoms with van der Waals surface area (Å²) in [5.41, 5.74) is 4.99.